The van der Waals surface area contributed by atoms with Crippen molar-refractivity contribution in [3.05, 3.63) is 74.3 Å². The summed E-state index contributed by atoms with van der Waals surface area (Å²) in [6, 6.07) is 6.24. The SMILES string of the molecule is CC(C)(C)[Si](C)(C)n1cc(Br)c2cc(C3CCC(N4CCCOCC4)CC3)cnc21.CCC[CH2][Sn]([CH2]CCC)([CH2]CCC)[c]1cscn1.c1nc(-c2c[nH]c3ncc(C4CCC(N5CCCOCC5)CC4)cc23)cs1. The summed E-state index contributed by atoms with van der Waals surface area (Å²) in [6.45, 7) is 27.2. The van der Waals surface area contributed by atoms with Crippen LogP contribution in [0.5, 0.6) is 0 Å². The van der Waals surface area contributed by atoms with E-state index >= 15 is 0 Å². The summed E-state index contributed by atoms with van der Waals surface area (Å²) < 4.78 is 21.2. The van der Waals surface area contributed by atoms with E-state index < -0.39 is 26.6 Å². The third kappa shape index (κ3) is 15.1. The molecule has 2 aliphatic heterocycles. The Morgan fingerprint density at radius 2 is 1.21 bits per heavy atom. The Hall–Kier alpha value is -2.02. The van der Waals surface area contributed by atoms with Crippen molar-refractivity contribution in [3.8, 4) is 11.3 Å². The van der Waals surface area contributed by atoms with Crippen LogP contribution in [0.2, 0.25) is 31.4 Å². The van der Waals surface area contributed by atoms with Crippen LogP contribution < -0.4 is 3.71 Å². The van der Waals surface area contributed by atoms with E-state index in [1.807, 2.05) is 23.0 Å². The number of rotatable bonds is 16. The standard InChI is InChI=1S/C24H38BrN3OSi.C21H26N4OS.3C4H9.C3H2NS.Sn/c1-24(2,3)30(4,5)28-17-22(25)21-15-19(16-26-23(21)28)18-7-9-20(10-8-18)27-11-6-13-29-14-12-27;1-6-25(7-9-26-8-1)17-4-2-15(3-5-17)16-10-18-19(20-13-27-14-24-20)12-23-21(18)22-11-16;3*1-3-4-2;1-2-5-3-4-1;/h15-18,20H,6-14H2,1-5H3;10-15,17H,1-9H2,(H,22,23);3*1,3-4H2,2H3;2-3H;. The number of thiazole rings is 2. The van der Waals surface area contributed by atoms with E-state index in [0.29, 0.717) is 11.8 Å². The first-order valence-electron chi connectivity index (χ1n) is 29.4. The first-order valence-corrected chi connectivity index (χ1v) is 42.5. The Labute approximate surface area is 473 Å². The molecule has 15 heteroatoms. The van der Waals surface area contributed by atoms with Crippen LogP contribution in [0, 0.1) is 0 Å². The molecule has 6 aromatic rings. The second kappa shape index (κ2) is 28.4. The molecule has 0 bridgehead atoms. The fourth-order valence-corrected chi connectivity index (χ4v) is 33.4. The molecule has 8 heterocycles. The number of H-pyrrole nitrogens is 1. The van der Waals surface area contributed by atoms with Gasteiger partial charge in [-0.3, -0.25) is 9.80 Å². The Bertz CT molecular complexity index is 2560. The van der Waals surface area contributed by atoms with Crippen LogP contribution in [-0.4, -0.2) is 130 Å². The summed E-state index contributed by atoms with van der Waals surface area (Å²) in [5.74, 6) is 1.27. The zero-order valence-electron chi connectivity index (χ0n) is 47.3. The molecular weight excluding hydrogens is 1160 g/mol. The molecule has 0 amide bonds. The van der Waals surface area contributed by atoms with E-state index in [2.05, 4.69) is 142 Å². The van der Waals surface area contributed by atoms with Gasteiger partial charge in [-0.2, -0.15) is 0 Å². The number of nitrogens with zero attached hydrogens (tertiary/aromatic N) is 7. The third-order valence-corrected chi connectivity index (χ3v) is 40.9. The fourth-order valence-electron chi connectivity index (χ4n) is 12.5. The Morgan fingerprint density at radius 3 is 1.72 bits per heavy atom. The number of unbranched alkanes of at least 4 members (excludes halogenated alkanes) is 3. The number of pyridine rings is 2. The molecule has 1 N–H and O–H groups in total. The number of hydrogen-bond acceptors (Lipinski definition) is 10. The van der Waals surface area contributed by atoms with Crippen LogP contribution >= 0.6 is 38.6 Å². The summed E-state index contributed by atoms with van der Waals surface area (Å²) in [5.41, 5.74) is 11.1. The average molecular weight is 1250 g/mol. The quantitative estimate of drug-likeness (QED) is 0.0958. The van der Waals surface area contributed by atoms with Gasteiger partial charge in [-0.1, -0.05) is 33.9 Å². The van der Waals surface area contributed by atoms with Gasteiger partial charge in [-0.05, 0) is 120 Å². The maximum atomic E-state index is 5.65. The molecule has 412 valence electrons. The molecule has 2 aliphatic carbocycles. The van der Waals surface area contributed by atoms with Gasteiger partial charge in [0.1, 0.15) is 11.3 Å². The molecule has 0 atom stereocenters. The predicted molar refractivity (Wildman–Crippen MR) is 328 cm³/mol. The number of fused-ring (bicyclic) bond motifs is 2. The van der Waals surface area contributed by atoms with Crippen molar-refractivity contribution in [1.82, 2.24) is 39.0 Å². The number of halogens is 1. The molecular formula is C60H93BrN8O2S2SiSn. The minimum Gasteiger partial charge on any atom is -0.380 e. The molecule has 0 aromatic carbocycles. The van der Waals surface area contributed by atoms with Crippen LogP contribution in [0.1, 0.15) is 167 Å². The number of aromatic amines is 1. The molecule has 0 spiro atoms. The van der Waals surface area contributed by atoms with Gasteiger partial charge in [0.05, 0.1) is 24.4 Å². The van der Waals surface area contributed by atoms with Crippen molar-refractivity contribution in [2.45, 2.75) is 200 Å². The third-order valence-electron chi connectivity index (χ3n) is 18.2. The minimum absolute atomic E-state index is 0.273. The van der Waals surface area contributed by atoms with Gasteiger partial charge in [0.25, 0.3) is 0 Å². The molecule has 10 nitrogen and oxygen atoms in total. The van der Waals surface area contributed by atoms with E-state index in [9.17, 15) is 0 Å². The van der Waals surface area contributed by atoms with E-state index in [0.717, 1.165) is 68.6 Å². The molecule has 10 rings (SSSR count). The first kappa shape index (κ1) is 59.1. The van der Waals surface area contributed by atoms with Crippen LogP contribution in [0.4, 0.5) is 0 Å². The minimum atomic E-state index is -2.13. The van der Waals surface area contributed by atoms with Crippen molar-refractivity contribution < 1.29 is 9.47 Å². The maximum absolute atomic E-state index is 5.65. The van der Waals surface area contributed by atoms with Crippen LogP contribution in [-0.2, 0) is 9.47 Å². The van der Waals surface area contributed by atoms with Gasteiger partial charge in [-0.15, -0.1) is 11.3 Å². The zero-order valence-corrected chi connectivity index (χ0v) is 54.4. The summed E-state index contributed by atoms with van der Waals surface area (Å²) in [7, 11) is -1.71. The van der Waals surface area contributed by atoms with E-state index in [1.54, 1.807) is 15.0 Å². The van der Waals surface area contributed by atoms with Gasteiger partial charge in [-0.25, -0.2) is 15.0 Å². The maximum Gasteiger partial charge on any atom is 0.137 e. The normalized spacial score (nSPS) is 21.8. The fraction of sp³-hybridized carbons (Fsp3) is 0.667. The second-order valence-electron chi connectivity index (χ2n) is 24.0. The van der Waals surface area contributed by atoms with Crippen LogP contribution in [0.15, 0.2) is 63.2 Å². The zero-order chi connectivity index (χ0) is 52.8. The monoisotopic (exact) mass is 1250 g/mol. The predicted octanol–water partition coefficient (Wildman–Crippen LogP) is 16.0. The Morgan fingerprint density at radius 1 is 0.680 bits per heavy atom. The first-order chi connectivity index (χ1) is 36.4. The van der Waals surface area contributed by atoms with E-state index in [1.165, 1.54) is 161 Å². The number of nitrogens with one attached hydrogen (secondary N) is 1. The molecule has 2 saturated heterocycles. The van der Waals surface area contributed by atoms with Crippen molar-refractivity contribution in [3.63, 3.8) is 0 Å². The second-order valence-corrected chi connectivity index (χ2v) is 44.5. The molecule has 75 heavy (non-hydrogen) atoms. The largest absolute Gasteiger partial charge is 0.380 e. The Balaban J connectivity index is 0.000000154. The van der Waals surface area contributed by atoms with Crippen molar-refractivity contribution in [2.75, 3.05) is 52.6 Å². The molecule has 4 fully saturated rings. The van der Waals surface area contributed by atoms with Crippen LogP contribution in [0.25, 0.3) is 33.3 Å². The molecule has 0 radical (unpaired) electrons. The van der Waals surface area contributed by atoms with Gasteiger partial charge < -0.3 is 18.7 Å². The van der Waals surface area contributed by atoms with Gasteiger partial charge >= 0.3 is 122 Å². The molecule has 4 aliphatic rings. The summed E-state index contributed by atoms with van der Waals surface area (Å²) >= 11 is 5.16. The topological polar surface area (TPSA) is 97.2 Å². The summed E-state index contributed by atoms with van der Waals surface area (Å²) in [6.07, 6.45) is 29.5. The molecule has 2 saturated carbocycles. The van der Waals surface area contributed by atoms with Gasteiger partial charge in [0, 0.05) is 102 Å². The van der Waals surface area contributed by atoms with Crippen molar-refractivity contribution in [2.24, 2.45) is 0 Å². The van der Waals surface area contributed by atoms with Crippen LogP contribution in [0.3, 0.4) is 0 Å². The molecule has 0 unspecified atom stereocenters. The van der Waals surface area contributed by atoms with E-state index in [4.69, 9.17) is 24.4 Å². The van der Waals surface area contributed by atoms with E-state index in [-0.39, 0.29) is 5.04 Å². The smallest absolute Gasteiger partial charge is 0.137 e. The van der Waals surface area contributed by atoms with Crippen molar-refractivity contribution >= 4 is 91.0 Å². The van der Waals surface area contributed by atoms with Crippen molar-refractivity contribution in [1.29, 1.82) is 0 Å². The Kier molecular flexibility index (Phi) is 22.4. The number of hydrogen-bond donors (Lipinski definition) is 1. The van der Waals surface area contributed by atoms with Gasteiger partial charge in [0.2, 0.25) is 0 Å². The van der Waals surface area contributed by atoms with Gasteiger partial charge in [0.15, 0.2) is 8.24 Å². The number of aromatic nitrogens is 6. The molecule has 6 aromatic heterocycles. The average Bonchev–Trinajstić information content (AvgIpc) is 4.23. The summed E-state index contributed by atoms with van der Waals surface area (Å²) in [4.78, 5) is 27.6. The number of ether oxygens (including phenoxy) is 2. The summed E-state index contributed by atoms with van der Waals surface area (Å²) in [5, 5.41) is 7.24.